The molecule has 0 aromatic heterocycles. The Morgan fingerprint density at radius 3 is 2.12 bits per heavy atom. The van der Waals surface area contributed by atoms with E-state index in [4.69, 9.17) is 0 Å². The Hall–Kier alpha value is -2.03. The lowest BCUT2D eigenvalue weighted by atomic mass is 10.2. The number of hydrogen-bond donors (Lipinski definition) is 2. The second kappa shape index (κ2) is 8.57. The summed E-state index contributed by atoms with van der Waals surface area (Å²) in [5.74, 6) is -0.251. The maximum absolute atomic E-state index is 12.2. The van der Waals surface area contributed by atoms with Crippen molar-refractivity contribution in [2.24, 2.45) is 0 Å². The molecule has 1 amide bonds. The molecule has 0 saturated carbocycles. The summed E-state index contributed by atoms with van der Waals surface area (Å²) in [5, 5.41) is 2.80. The number of carbonyl (C=O) groups is 1. The highest BCUT2D eigenvalue weighted by Gasteiger charge is 2.12. The third-order valence-corrected chi connectivity index (χ3v) is 6.76. The summed E-state index contributed by atoms with van der Waals surface area (Å²) >= 11 is 0. The number of rotatable bonds is 7. The van der Waals surface area contributed by atoms with Crippen molar-refractivity contribution < 1.29 is 17.4 Å². The summed E-state index contributed by atoms with van der Waals surface area (Å²) in [7, 11) is -3.20. The van der Waals surface area contributed by atoms with Crippen molar-refractivity contribution in [2.45, 2.75) is 35.4 Å². The van der Waals surface area contributed by atoms with Gasteiger partial charge < -0.3 is 5.32 Å². The molecular formula is C18H22N2O4S2. The number of nitrogens with one attached hydrogen (secondary N) is 2. The lowest BCUT2D eigenvalue weighted by Crippen LogP contribution is -2.23. The molecule has 0 aliphatic heterocycles. The minimum absolute atomic E-state index is 0.0179. The summed E-state index contributed by atoms with van der Waals surface area (Å²) in [4.78, 5) is 13.1. The summed E-state index contributed by atoms with van der Waals surface area (Å²) in [6.45, 7) is 4.03. The Bertz CT molecular complexity index is 890. The molecule has 0 radical (unpaired) electrons. The van der Waals surface area contributed by atoms with E-state index in [9.17, 15) is 17.4 Å². The first-order valence-electron chi connectivity index (χ1n) is 8.06. The van der Waals surface area contributed by atoms with Crippen LogP contribution in [0.5, 0.6) is 0 Å². The van der Waals surface area contributed by atoms with E-state index in [1.165, 1.54) is 19.2 Å². The molecule has 2 aromatic carbocycles. The standard InChI is InChI=1S/C18H22N2O4S2/c1-13(2)25(22)16-8-6-15(7-9-16)18(21)20-12-14-4-10-17(11-5-14)26(23,24)19-3/h4-11,13,19H,12H2,1-3H3,(H,20,21). The normalized spacial score (nSPS) is 12.8. The van der Waals surface area contributed by atoms with E-state index in [0.29, 0.717) is 10.5 Å². The van der Waals surface area contributed by atoms with Crippen LogP contribution in [0, 0.1) is 0 Å². The lowest BCUT2D eigenvalue weighted by Gasteiger charge is -2.08. The van der Waals surface area contributed by atoms with Gasteiger partial charge in [-0.05, 0) is 49.0 Å². The predicted molar refractivity (Wildman–Crippen MR) is 102 cm³/mol. The van der Waals surface area contributed by atoms with Gasteiger partial charge in [0.15, 0.2) is 0 Å². The van der Waals surface area contributed by atoms with Crippen LogP contribution in [0.25, 0.3) is 0 Å². The molecule has 0 heterocycles. The highest BCUT2D eigenvalue weighted by molar-refractivity contribution is 7.89. The molecule has 2 rings (SSSR count). The molecule has 0 fully saturated rings. The molecule has 2 N–H and O–H groups in total. The van der Waals surface area contributed by atoms with Crippen molar-refractivity contribution in [3.8, 4) is 0 Å². The third kappa shape index (κ3) is 5.00. The third-order valence-electron chi connectivity index (χ3n) is 3.73. The average Bonchev–Trinajstić information content (AvgIpc) is 2.65. The SMILES string of the molecule is CNS(=O)(=O)c1ccc(CNC(=O)c2ccc(S(=O)C(C)C)cc2)cc1. The molecule has 0 saturated heterocycles. The van der Waals surface area contributed by atoms with Gasteiger partial charge in [0.25, 0.3) is 5.91 Å². The van der Waals surface area contributed by atoms with Crippen LogP contribution in [0.4, 0.5) is 0 Å². The molecule has 0 bridgehead atoms. The highest BCUT2D eigenvalue weighted by Crippen LogP contribution is 2.13. The zero-order valence-corrected chi connectivity index (χ0v) is 16.5. The molecule has 1 unspecified atom stereocenters. The molecule has 0 aliphatic rings. The largest absolute Gasteiger partial charge is 0.348 e. The maximum Gasteiger partial charge on any atom is 0.251 e. The van der Waals surface area contributed by atoms with Gasteiger partial charge >= 0.3 is 0 Å². The van der Waals surface area contributed by atoms with Crippen LogP contribution in [0.3, 0.4) is 0 Å². The molecule has 0 spiro atoms. The second-order valence-corrected chi connectivity index (χ2v) is 9.80. The smallest absolute Gasteiger partial charge is 0.251 e. The van der Waals surface area contributed by atoms with Gasteiger partial charge in [-0.15, -0.1) is 0 Å². The van der Waals surface area contributed by atoms with Gasteiger partial charge in [-0.2, -0.15) is 0 Å². The van der Waals surface area contributed by atoms with Gasteiger partial charge in [0, 0.05) is 22.3 Å². The number of carbonyl (C=O) groups excluding carboxylic acids is 1. The predicted octanol–water partition coefficient (Wildman–Crippen LogP) is 2.04. The monoisotopic (exact) mass is 394 g/mol. The minimum Gasteiger partial charge on any atom is -0.348 e. The zero-order chi connectivity index (χ0) is 19.3. The summed E-state index contributed by atoms with van der Waals surface area (Å²) in [6, 6.07) is 13.0. The van der Waals surface area contributed by atoms with Crippen LogP contribution < -0.4 is 10.0 Å². The van der Waals surface area contributed by atoms with Gasteiger partial charge in [0.2, 0.25) is 10.0 Å². The molecule has 0 aliphatic carbocycles. The van der Waals surface area contributed by atoms with Gasteiger partial charge in [0.1, 0.15) is 0 Å². The Morgan fingerprint density at radius 1 is 1.04 bits per heavy atom. The molecule has 2 aromatic rings. The quantitative estimate of drug-likeness (QED) is 0.752. The van der Waals surface area contributed by atoms with E-state index < -0.39 is 20.8 Å². The van der Waals surface area contributed by atoms with E-state index in [0.717, 1.165) is 5.56 Å². The molecule has 26 heavy (non-hydrogen) atoms. The van der Waals surface area contributed by atoms with Crippen LogP contribution in [-0.4, -0.2) is 30.8 Å². The molecule has 140 valence electrons. The van der Waals surface area contributed by atoms with E-state index in [1.807, 2.05) is 13.8 Å². The van der Waals surface area contributed by atoms with E-state index in [2.05, 4.69) is 10.0 Å². The van der Waals surface area contributed by atoms with Crippen LogP contribution in [0.15, 0.2) is 58.3 Å². The number of amides is 1. The first kappa shape index (κ1) is 20.3. The fraction of sp³-hybridized carbons (Fsp3) is 0.278. The molecule has 1 atom stereocenters. The van der Waals surface area contributed by atoms with E-state index >= 15 is 0 Å². The van der Waals surface area contributed by atoms with Crippen LogP contribution in [0.1, 0.15) is 29.8 Å². The maximum atomic E-state index is 12.2. The van der Waals surface area contributed by atoms with E-state index in [-0.39, 0.29) is 22.6 Å². The second-order valence-electron chi connectivity index (χ2n) is 5.90. The van der Waals surface area contributed by atoms with Gasteiger partial charge in [-0.3, -0.25) is 9.00 Å². The first-order chi connectivity index (χ1) is 12.2. The van der Waals surface area contributed by atoms with Gasteiger partial charge in [-0.25, -0.2) is 13.1 Å². The van der Waals surface area contributed by atoms with Crippen molar-refractivity contribution in [3.63, 3.8) is 0 Å². The summed E-state index contributed by atoms with van der Waals surface area (Å²) in [5.41, 5.74) is 1.26. The first-order valence-corrected chi connectivity index (χ1v) is 10.8. The van der Waals surface area contributed by atoms with Crippen molar-refractivity contribution in [1.82, 2.24) is 10.0 Å². The van der Waals surface area contributed by atoms with Crippen molar-refractivity contribution in [1.29, 1.82) is 0 Å². The molecule has 8 heteroatoms. The minimum atomic E-state index is -3.47. The zero-order valence-electron chi connectivity index (χ0n) is 14.9. The van der Waals surface area contributed by atoms with Crippen LogP contribution in [0.2, 0.25) is 0 Å². The number of benzene rings is 2. The Kier molecular flexibility index (Phi) is 6.69. The van der Waals surface area contributed by atoms with Crippen LogP contribution in [-0.2, 0) is 27.4 Å². The fourth-order valence-corrected chi connectivity index (χ4v) is 3.88. The van der Waals surface area contributed by atoms with Crippen molar-refractivity contribution in [2.75, 3.05) is 7.05 Å². The topological polar surface area (TPSA) is 92.3 Å². The van der Waals surface area contributed by atoms with Gasteiger partial charge in [-0.1, -0.05) is 26.0 Å². The summed E-state index contributed by atoms with van der Waals surface area (Å²) < 4.78 is 37.6. The Labute approximate surface area is 156 Å². The van der Waals surface area contributed by atoms with Crippen molar-refractivity contribution >= 4 is 26.7 Å². The molecular weight excluding hydrogens is 372 g/mol. The highest BCUT2D eigenvalue weighted by atomic mass is 32.2. The average molecular weight is 395 g/mol. The lowest BCUT2D eigenvalue weighted by molar-refractivity contribution is 0.0951. The molecule has 6 nitrogen and oxygen atoms in total. The fourth-order valence-electron chi connectivity index (χ4n) is 2.20. The van der Waals surface area contributed by atoms with Crippen molar-refractivity contribution in [3.05, 3.63) is 59.7 Å². The summed E-state index contributed by atoms with van der Waals surface area (Å²) in [6.07, 6.45) is 0. The van der Waals surface area contributed by atoms with E-state index in [1.54, 1.807) is 36.4 Å². The van der Waals surface area contributed by atoms with Gasteiger partial charge in [0.05, 0.1) is 15.7 Å². The number of hydrogen-bond acceptors (Lipinski definition) is 4. The Balaban J connectivity index is 1.99. The van der Waals surface area contributed by atoms with Crippen LogP contribution >= 0.6 is 0 Å². The Morgan fingerprint density at radius 2 is 1.62 bits per heavy atom. The number of sulfonamides is 1.